The van der Waals surface area contributed by atoms with Gasteiger partial charge in [0.2, 0.25) is 11.8 Å². The molecule has 5 heterocycles. The van der Waals surface area contributed by atoms with Gasteiger partial charge in [0.05, 0.1) is 12.4 Å². The number of benzene rings is 2. The molecule has 3 N–H and O–H groups in total. The molecule has 0 aliphatic carbocycles. The number of urea groups is 1. The molecule has 0 atom stereocenters. The van der Waals surface area contributed by atoms with Crippen molar-refractivity contribution in [3.05, 3.63) is 137 Å². The largest absolute Gasteiger partial charge is 0.490 e. The lowest BCUT2D eigenvalue weighted by atomic mass is 10.0. The van der Waals surface area contributed by atoms with Crippen LogP contribution in [0, 0.1) is 11.6 Å². The number of anilines is 1. The van der Waals surface area contributed by atoms with Crippen LogP contribution in [0.1, 0.15) is 36.8 Å². The molecule has 302 valence electrons. The number of aromatic nitrogens is 4. The molecule has 3 aromatic heterocycles. The number of likely N-dealkylation sites (tertiary alicyclic amines) is 1. The molecule has 17 heteroatoms. The van der Waals surface area contributed by atoms with Crippen molar-refractivity contribution in [2.45, 2.75) is 31.9 Å². The summed E-state index contributed by atoms with van der Waals surface area (Å²) >= 11 is 0. The minimum absolute atomic E-state index is 0.170. The first-order valence-corrected chi connectivity index (χ1v) is 17.9. The molecule has 2 aliphatic rings. The number of carboxylic acid groups (broad SMARTS) is 1. The molecule has 0 saturated carbocycles. The van der Waals surface area contributed by atoms with E-state index < -0.39 is 18.0 Å². The maximum Gasteiger partial charge on any atom is 0.490 e. The molecule has 2 aliphatic heterocycles. The van der Waals surface area contributed by atoms with Crippen LogP contribution in [0.3, 0.4) is 0 Å². The summed E-state index contributed by atoms with van der Waals surface area (Å²) in [5, 5.41) is 20.9. The number of pyridine rings is 2. The van der Waals surface area contributed by atoms with E-state index in [4.69, 9.17) is 19.4 Å². The number of carbonyl (C=O) groups is 2. The fourth-order valence-electron chi connectivity index (χ4n) is 5.48. The average Bonchev–Trinajstić information content (AvgIpc) is 3.21. The number of rotatable bonds is 7. The van der Waals surface area contributed by atoms with Crippen molar-refractivity contribution in [3.8, 4) is 23.3 Å². The normalized spacial score (nSPS) is 13.8. The van der Waals surface area contributed by atoms with Crippen LogP contribution in [0.5, 0.6) is 23.3 Å². The van der Waals surface area contributed by atoms with E-state index in [0.29, 0.717) is 42.2 Å². The summed E-state index contributed by atoms with van der Waals surface area (Å²) in [4.78, 5) is 30.8. The highest BCUT2D eigenvalue weighted by Gasteiger charge is 2.38. The standard InChI is InChI=1S/C22H20FN5O2.C17H17FN2O.C2HF3O2/c23-18-6-7-21(24-15-18)30-19-4-1-3-17(14-19)13-16-8-11-28(12-9-16)22(29)26-20-5-2-10-25-27-20;18-15-4-5-17(20-12-15)21-16-3-1-2-14(11-16)10-13-6-8-19-9-7-13;3-2(4,5)1(6)7/h1-7,10,13-15H,8-9,11-12H2,(H,26,27,29);1-5,10-12,19H,6-9H2;(H,6,7). The van der Waals surface area contributed by atoms with Crippen LogP contribution in [-0.4, -0.2) is 74.5 Å². The Morgan fingerprint density at radius 2 is 1.26 bits per heavy atom. The number of nitrogens with zero attached hydrogens (tertiary/aromatic N) is 5. The highest BCUT2D eigenvalue weighted by atomic mass is 19.4. The third-order valence-electron chi connectivity index (χ3n) is 8.29. The number of ether oxygens (including phenoxy) is 2. The maximum atomic E-state index is 13.0. The van der Waals surface area contributed by atoms with Gasteiger partial charge in [-0.3, -0.25) is 5.32 Å². The second-order valence-corrected chi connectivity index (χ2v) is 12.7. The Balaban J connectivity index is 0.000000198. The Morgan fingerprint density at radius 1 is 0.741 bits per heavy atom. The minimum Gasteiger partial charge on any atom is -0.475 e. The van der Waals surface area contributed by atoms with Gasteiger partial charge in [-0.15, -0.1) is 5.10 Å². The van der Waals surface area contributed by atoms with E-state index in [1.807, 2.05) is 42.5 Å². The first kappa shape index (κ1) is 42.4. The van der Waals surface area contributed by atoms with E-state index >= 15 is 0 Å². The van der Waals surface area contributed by atoms with Crippen LogP contribution < -0.4 is 20.1 Å². The van der Waals surface area contributed by atoms with Crippen LogP contribution in [0.15, 0.2) is 115 Å². The van der Waals surface area contributed by atoms with Gasteiger partial charge in [-0.25, -0.2) is 28.3 Å². The number of carbonyl (C=O) groups excluding carboxylic acids is 1. The van der Waals surface area contributed by atoms with Crippen LogP contribution in [0.4, 0.5) is 32.6 Å². The van der Waals surface area contributed by atoms with Crippen LogP contribution in [0.25, 0.3) is 12.2 Å². The average molecular weight is 804 g/mol. The number of piperidine rings is 2. The zero-order valence-corrected chi connectivity index (χ0v) is 30.8. The van der Waals surface area contributed by atoms with Crippen molar-refractivity contribution in [2.75, 3.05) is 31.5 Å². The molecule has 2 fully saturated rings. The first-order chi connectivity index (χ1) is 27.9. The lowest BCUT2D eigenvalue weighted by Gasteiger charge is -2.28. The molecule has 12 nitrogen and oxygen atoms in total. The van der Waals surface area contributed by atoms with Gasteiger partial charge >= 0.3 is 18.2 Å². The van der Waals surface area contributed by atoms with Gasteiger partial charge < -0.3 is 24.8 Å². The molecular weight excluding hydrogens is 765 g/mol. The summed E-state index contributed by atoms with van der Waals surface area (Å²) in [6.45, 7) is 3.35. The second kappa shape index (κ2) is 21.0. The van der Waals surface area contributed by atoms with Gasteiger partial charge in [0.15, 0.2) is 5.82 Å². The van der Waals surface area contributed by atoms with Gasteiger partial charge in [0.25, 0.3) is 0 Å². The Labute approximate surface area is 330 Å². The van der Waals surface area contributed by atoms with E-state index in [1.54, 1.807) is 23.2 Å². The predicted molar refractivity (Wildman–Crippen MR) is 205 cm³/mol. The Kier molecular flexibility index (Phi) is 15.3. The first-order valence-electron chi connectivity index (χ1n) is 17.9. The second-order valence-electron chi connectivity index (χ2n) is 12.7. The van der Waals surface area contributed by atoms with Crippen molar-refractivity contribution >= 4 is 30.0 Å². The zero-order valence-electron chi connectivity index (χ0n) is 30.8. The van der Waals surface area contributed by atoms with E-state index in [0.717, 1.165) is 62.3 Å². The number of carboxylic acids is 1. The molecule has 0 unspecified atom stereocenters. The molecule has 2 saturated heterocycles. The van der Waals surface area contributed by atoms with E-state index in [9.17, 15) is 26.7 Å². The number of halogens is 5. The summed E-state index contributed by atoms with van der Waals surface area (Å²) < 4.78 is 68.9. The fraction of sp³-hybridized carbons (Fsp3) is 0.220. The third-order valence-corrected chi connectivity index (χ3v) is 8.29. The van der Waals surface area contributed by atoms with Crippen molar-refractivity contribution < 1.29 is 46.1 Å². The van der Waals surface area contributed by atoms with E-state index in [-0.39, 0.29) is 11.8 Å². The molecule has 0 bridgehead atoms. The SMILES string of the molecule is Fc1ccc(Oc2cccc(C=C3CCNCC3)c2)nc1.O=C(Nc1cccnn1)N1CCC(=Cc2cccc(Oc3ccc(F)cn3)c2)CC1.O=C(O)C(F)(F)F. The summed E-state index contributed by atoms with van der Waals surface area (Å²) in [6.07, 6.45) is 6.83. The number of aliphatic carboxylic acids is 1. The maximum absolute atomic E-state index is 13.0. The Hall–Kier alpha value is -6.75. The molecule has 0 radical (unpaired) electrons. The third kappa shape index (κ3) is 14.4. The number of hydrogen-bond donors (Lipinski definition) is 3. The number of alkyl halides is 3. The molecule has 5 aromatic rings. The van der Waals surface area contributed by atoms with Gasteiger partial charge in [-0.2, -0.15) is 18.3 Å². The summed E-state index contributed by atoms with van der Waals surface area (Å²) in [6, 6.07) is 24.4. The zero-order chi connectivity index (χ0) is 41.3. The molecular formula is C41H38F5N7O5. The highest BCUT2D eigenvalue weighted by molar-refractivity contribution is 5.88. The smallest absolute Gasteiger partial charge is 0.475 e. The number of nitrogens with one attached hydrogen (secondary N) is 2. The fourth-order valence-corrected chi connectivity index (χ4v) is 5.48. The minimum atomic E-state index is -5.08. The molecule has 7 rings (SSSR count). The van der Waals surface area contributed by atoms with Crippen molar-refractivity contribution in [1.29, 1.82) is 0 Å². The summed E-state index contributed by atoms with van der Waals surface area (Å²) in [5.41, 5.74) is 4.83. The number of hydrogen-bond acceptors (Lipinski definition) is 9. The summed E-state index contributed by atoms with van der Waals surface area (Å²) in [5.74, 6) is -1.03. The van der Waals surface area contributed by atoms with E-state index in [2.05, 4.69) is 49.0 Å². The lowest BCUT2D eigenvalue weighted by molar-refractivity contribution is -0.192. The van der Waals surface area contributed by atoms with Crippen LogP contribution in [-0.2, 0) is 4.79 Å². The Morgan fingerprint density at radius 3 is 1.71 bits per heavy atom. The van der Waals surface area contributed by atoms with Gasteiger partial charge in [-0.1, -0.05) is 47.6 Å². The predicted octanol–water partition coefficient (Wildman–Crippen LogP) is 8.93. The monoisotopic (exact) mass is 803 g/mol. The van der Waals surface area contributed by atoms with E-state index in [1.165, 1.54) is 35.4 Å². The highest BCUT2D eigenvalue weighted by Crippen LogP contribution is 2.26. The van der Waals surface area contributed by atoms with Gasteiger partial charge in [-0.05, 0) is 98.4 Å². The molecule has 2 aromatic carbocycles. The quantitative estimate of drug-likeness (QED) is 0.136. The van der Waals surface area contributed by atoms with Gasteiger partial charge in [0, 0.05) is 31.4 Å². The van der Waals surface area contributed by atoms with Crippen LogP contribution >= 0.6 is 0 Å². The van der Waals surface area contributed by atoms with Crippen molar-refractivity contribution in [1.82, 2.24) is 30.4 Å². The summed E-state index contributed by atoms with van der Waals surface area (Å²) in [7, 11) is 0. The van der Waals surface area contributed by atoms with Crippen molar-refractivity contribution in [3.63, 3.8) is 0 Å². The molecule has 58 heavy (non-hydrogen) atoms. The molecule has 2 amide bonds. The van der Waals surface area contributed by atoms with Gasteiger partial charge in [0.1, 0.15) is 23.1 Å². The lowest BCUT2D eigenvalue weighted by Crippen LogP contribution is -2.39. The topological polar surface area (TPSA) is 152 Å². The van der Waals surface area contributed by atoms with Crippen molar-refractivity contribution in [2.24, 2.45) is 0 Å². The Bertz CT molecular complexity index is 2150. The van der Waals surface area contributed by atoms with Crippen LogP contribution in [0.2, 0.25) is 0 Å². The number of amides is 2. The molecule has 0 spiro atoms.